The van der Waals surface area contributed by atoms with E-state index in [1.165, 1.54) is 41.6 Å². The number of nitrogens with two attached hydrogens (primary N) is 1. The lowest BCUT2D eigenvalue weighted by Gasteiger charge is -2.27. The summed E-state index contributed by atoms with van der Waals surface area (Å²) in [6, 6.07) is 9.79. The number of carbonyl (C=O) groups excluding carboxylic acids is 1. The Labute approximate surface area is 231 Å². The smallest absolute Gasteiger partial charge is 0.340 e. The lowest BCUT2D eigenvalue weighted by Crippen LogP contribution is -2.31. The number of carbonyl (C=O) groups is 1. The molecule has 208 valence electrons. The Hall–Kier alpha value is -4.87. The maximum absolute atomic E-state index is 15.1. The highest BCUT2D eigenvalue weighted by molar-refractivity contribution is 5.94. The zero-order valence-corrected chi connectivity index (χ0v) is 23.1. The normalized spacial score (nSPS) is 12.1. The predicted molar refractivity (Wildman–Crippen MR) is 149 cm³/mol. The largest absolute Gasteiger partial charge is 0.507 e. The molecule has 2 aromatic carbocycles. The van der Waals surface area contributed by atoms with Crippen LogP contribution in [0.4, 0.5) is 14.9 Å². The topological polar surface area (TPSA) is 145 Å². The molecule has 0 spiro atoms. The second-order valence-corrected chi connectivity index (χ2v) is 11.2. The summed E-state index contributed by atoms with van der Waals surface area (Å²) >= 11 is 0. The summed E-state index contributed by atoms with van der Waals surface area (Å²) in [5.41, 5.74) is 7.21. The molecule has 0 unspecified atom stereocenters. The molecule has 40 heavy (non-hydrogen) atoms. The number of phenolic OH excluding ortho intramolecular Hbond substituents is 1. The van der Waals surface area contributed by atoms with E-state index in [2.05, 4.69) is 46.4 Å². The monoisotopic (exact) mass is 546 g/mol. The van der Waals surface area contributed by atoms with Gasteiger partial charge in [-0.05, 0) is 51.1 Å². The number of hydrogen-bond donors (Lipinski definition) is 2. The van der Waals surface area contributed by atoms with Crippen LogP contribution in [-0.2, 0) is 10.8 Å². The van der Waals surface area contributed by atoms with Crippen molar-refractivity contribution in [2.75, 3.05) is 5.01 Å². The molecule has 0 aliphatic carbocycles. The van der Waals surface area contributed by atoms with Gasteiger partial charge in [0.2, 0.25) is 0 Å². The molecule has 0 radical (unpaired) electrons. The van der Waals surface area contributed by atoms with E-state index in [9.17, 15) is 9.90 Å². The van der Waals surface area contributed by atoms with Crippen LogP contribution in [0.3, 0.4) is 0 Å². The molecule has 0 fully saturated rings. The van der Waals surface area contributed by atoms with E-state index in [4.69, 9.17) is 10.5 Å². The maximum atomic E-state index is 15.1. The molecule has 4 aromatic rings. The van der Waals surface area contributed by atoms with E-state index in [-0.39, 0.29) is 28.0 Å². The Kier molecular flexibility index (Phi) is 7.54. The summed E-state index contributed by atoms with van der Waals surface area (Å²) < 4.78 is 22.1. The summed E-state index contributed by atoms with van der Waals surface area (Å²) in [6.45, 7) is 12.2. The number of hydrogen-bond acceptors (Lipinski definition) is 8. The predicted octanol–water partition coefficient (Wildman–Crippen LogP) is 5.21. The van der Waals surface area contributed by atoms with Gasteiger partial charge in [0.1, 0.15) is 17.8 Å². The molecule has 0 saturated carbocycles. The van der Waals surface area contributed by atoms with E-state index < -0.39 is 11.8 Å². The van der Waals surface area contributed by atoms with Crippen molar-refractivity contribution in [2.24, 2.45) is 10.8 Å². The highest BCUT2D eigenvalue weighted by Gasteiger charge is 2.25. The number of nitrogens with zero attached hydrogens (tertiary/aromatic N) is 7. The zero-order valence-electron chi connectivity index (χ0n) is 23.1. The van der Waals surface area contributed by atoms with Crippen molar-refractivity contribution in [3.8, 4) is 23.1 Å². The number of halogens is 1. The number of hydrazone groups is 1. The van der Waals surface area contributed by atoms with Crippen molar-refractivity contribution in [3.63, 3.8) is 0 Å². The standard InChI is InChI=1S/C28H31FN8O3/c1-27(2,3)18-11-17(25(38)21(12-18)28(4,5)6)15-33-37(26(30)39)19-7-8-23(22(29)13-19)40-20-9-10-31-24(14-20)36-16-32-34-35-36/h7-16,38H,1-6H3,(H2,30,39)/b33-15+. The minimum absolute atomic E-state index is 0.0435. The molecule has 0 aliphatic rings. The first-order chi connectivity index (χ1) is 18.7. The van der Waals surface area contributed by atoms with Crippen molar-refractivity contribution < 1.29 is 19.0 Å². The van der Waals surface area contributed by atoms with Crippen LogP contribution in [0.15, 0.2) is 60.1 Å². The summed E-state index contributed by atoms with van der Waals surface area (Å²) in [7, 11) is 0. The molecular weight excluding hydrogens is 515 g/mol. The number of pyridine rings is 1. The number of anilines is 1. The van der Waals surface area contributed by atoms with E-state index in [1.807, 2.05) is 32.9 Å². The fraction of sp³-hybridized carbons (Fsp3) is 0.286. The van der Waals surface area contributed by atoms with E-state index in [0.29, 0.717) is 17.1 Å². The summed E-state index contributed by atoms with van der Waals surface area (Å²) in [5.74, 6) is -0.145. The van der Waals surface area contributed by atoms with Crippen LogP contribution in [0.25, 0.3) is 5.82 Å². The van der Waals surface area contributed by atoms with Gasteiger partial charge in [-0.3, -0.25) is 0 Å². The molecule has 2 amide bonds. The zero-order chi connectivity index (χ0) is 29.2. The molecule has 4 rings (SSSR count). The average Bonchev–Trinajstić information content (AvgIpc) is 3.40. The molecule has 2 aromatic heterocycles. The van der Waals surface area contributed by atoms with Crippen LogP contribution < -0.4 is 15.5 Å². The van der Waals surface area contributed by atoms with Crippen LogP contribution in [0.2, 0.25) is 0 Å². The Morgan fingerprint density at radius 2 is 1.85 bits per heavy atom. The third-order valence-corrected chi connectivity index (χ3v) is 6.02. The minimum atomic E-state index is -0.938. The molecule has 0 bridgehead atoms. The second-order valence-electron chi connectivity index (χ2n) is 11.2. The van der Waals surface area contributed by atoms with Gasteiger partial charge < -0.3 is 15.6 Å². The SMILES string of the molecule is CC(C)(C)c1cc(/C=N/N(C(N)=O)c2ccc(Oc3ccnc(-n4cnnn4)c3)c(F)c2)c(O)c(C(C)(C)C)c1. The van der Waals surface area contributed by atoms with Crippen molar-refractivity contribution in [2.45, 2.75) is 52.4 Å². The fourth-order valence-corrected chi connectivity index (χ4v) is 3.82. The molecule has 0 aliphatic heterocycles. The van der Waals surface area contributed by atoms with Gasteiger partial charge >= 0.3 is 6.03 Å². The van der Waals surface area contributed by atoms with E-state index >= 15 is 4.39 Å². The number of phenols is 1. The number of ether oxygens (including phenoxy) is 1. The molecule has 12 heteroatoms. The molecule has 0 atom stereocenters. The highest BCUT2D eigenvalue weighted by Crippen LogP contribution is 2.37. The highest BCUT2D eigenvalue weighted by atomic mass is 19.1. The number of urea groups is 1. The fourth-order valence-electron chi connectivity index (χ4n) is 3.82. The van der Waals surface area contributed by atoms with Gasteiger partial charge in [-0.15, -0.1) is 5.10 Å². The van der Waals surface area contributed by atoms with Crippen LogP contribution in [0, 0.1) is 5.82 Å². The van der Waals surface area contributed by atoms with Gasteiger partial charge in [0.15, 0.2) is 17.4 Å². The number of amides is 2. The maximum Gasteiger partial charge on any atom is 0.340 e. The van der Waals surface area contributed by atoms with Crippen molar-refractivity contribution in [1.29, 1.82) is 0 Å². The third kappa shape index (κ3) is 6.22. The number of rotatable bonds is 6. The number of aromatic nitrogens is 5. The Morgan fingerprint density at radius 3 is 2.45 bits per heavy atom. The number of benzene rings is 2. The summed E-state index contributed by atoms with van der Waals surface area (Å²) in [6.07, 6.45) is 4.17. The second kappa shape index (κ2) is 10.7. The van der Waals surface area contributed by atoms with Crippen LogP contribution in [0.5, 0.6) is 17.2 Å². The molecular formula is C28H31FN8O3. The van der Waals surface area contributed by atoms with E-state index in [1.54, 1.807) is 6.07 Å². The molecule has 11 nitrogen and oxygen atoms in total. The number of aromatic hydroxyl groups is 1. The van der Waals surface area contributed by atoms with Crippen LogP contribution in [-0.4, -0.2) is 42.5 Å². The van der Waals surface area contributed by atoms with Gasteiger partial charge in [-0.2, -0.15) is 14.8 Å². The first kappa shape index (κ1) is 28.1. The van der Waals surface area contributed by atoms with Crippen LogP contribution >= 0.6 is 0 Å². The first-order valence-corrected chi connectivity index (χ1v) is 12.4. The minimum Gasteiger partial charge on any atom is -0.507 e. The molecule has 2 heterocycles. The van der Waals surface area contributed by atoms with E-state index in [0.717, 1.165) is 22.2 Å². The Balaban J connectivity index is 1.63. The quantitative estimate of drug-likeness (QED) is 0.249. The van der Waals surface area contributed by atoms with Crippen molar-refractivity contribution in [1.82, 2.24) is 25.2 Å². The van der Waals surface area contributed by atoms with Gasteiger partial charge in [-0.25, -0.2) is 14.2 Å². The Morgan fingerprint density at radius 1 is 1.10 bits per heavy atom. The number of tetrazole rings is 1. The van der Waals surface area contributed by atoms with Gasteiger partial charge in [-0.1, -0.05) is 47.6 Å². The lowest BCUT2D eigenvalue weighted by molar-refractivity contribution is 0.254. The number of primary amides is 1. The van der Waals surface area contributed by atoms with Gasteiger partial charge in [0.05, 0.1) is 11.9 Å². The van der Waals surface area contributed by atoms with Crippen LogP contribution in [0.1, 0.15) is 58.2 Å². The summed E-state index contributed by atoms with van der Waals surface area (Å²) in [4.78, 5) is 16.4. The summed E-state index contributed by atoms with van der Waals surface area (Å²) in [5, 5.41) is 26.9. The molecule has 0 saturated heterocycles. The van der Waals surface area contributed by atoms with Crippen molar-refractivity contribution >= 4 is 17.9 Å². The van der Waals surface area contributed by atoms with Gasteiger partial charge in [0.25, 0.3) is 0 Å². The average molecular weight is 547 g/mol. The first-order valence-electron chi connectivity index (χ1n) is 12.4. The van der Waals surface area contributed by atoms with Crippen molar-refractivity contribution in [3.05, 3.63) is 77.5 Å². The lowest BCUT2D eigenvalue weighted by atomic mass is 9.79. The third-order valence-electron chi connectivity index (χ3n) is 6.02. The molecule has 3 N–H and O–H groups in total. The van der Waals surface area contributed by atoms with Gasteiger partial charge in [0, 0.05) is 29.5 Å². The Bertz CT molecular complexity index is 1560.